The maximum absolute atomic E-state index is 12.0. The van der Waals surface area contributed by atoms with Crippen LogP contribution in [0.4, 0.5) is 0 Å². The number of halogens is 1. The number of piperidine rings is 1. The largest absolute Gasteiger partial charge is 0.349 e. The van der Waals surface area contributed by atoms with Gasteiger partial charge < -0.3 is 10.6 Å². The number of hydrogen-bond acceptors (Lipinski definition) is 3. The molecule has 3 nitrogen and oxygen atoms in total. The zero-order valence-corrected chi connectivity index (χ0v) is 11.6. The lowest BCUT2D eigenvalue weighted by Crippen LogP contribution is -2.38. The molecule has 1 unspecified atom stereocenters. The second-order valence-corrected chi connectivity index (χ2v) is 5.25. The number of nitrogens with one attached hydrogen (secondary N) is 2. The highest BCUT2D eigenvalue weighted by Crippen LogP contribution is 2.20. The summed E-state index contributed by atoms with van der Waals surface area (Å²) in [5.41, 5.74) is 0. The van der Waals surface area contributed by atoms with Gasteiger partial charge >= 0.3 is 0 Å². The van der Waals surface area contributed by atoms with Crippen LogP contribution in [0.1, 0.15) is 30.7 Å². The van der Waals surface area contributed by atoms with Crippen LogP contribution in [0.5, 0.6) is 0 Å². The molecule has 0 saturated carbocycles. The van der Waals surface area contributed by atoms with Gasteiger partial charge in [0.25, 0.3) is 0 Å². The average molecular weight is 275 g/mol. The Morgan fingerprint density at radius 3 is 2.82 bits per heavy atom. The zero-order chi connectivity index (χ0) is 11.4. The molecule has 1 saturated heterocycles. The van der Waals surface area contributed by atoms with Gasteiger partial charge in [-0.05, 0) is 44.3 Å². The van der Waals surface area contributed by atoms with Crippen LogP contribution in [0.2, 0.25) is 0 Å². The second kappa shape index (κ2) is 6.99. The first-order chi connectivity index (χ1) is 7.77. The third-order valence-corrected chi connectivity index (χ3v) is 4.09. The minimum absolute atomic E-state index is 0. The standard InChI is InChI=1S/C12H18N2OS.ClH/c1-9(11-3-2-8-16-11)14-12(15)10-4-6-13-7-5-10;/h2-3,8-10,13H,4-7H2,1H3,(H,14,15);1H. The van der Waals surface area contributed by atoms with E-state index in [-0.39, 0.29) is 30.3 Å². The molecule has 1 aliphatic rings. The van der Waals surface area contributed by atoms with E-state index in [1.807, 2.05) is 18.4 Å². The number of thiophene rings is 1. The second-order valence-electron chi connectivity index (χ2n) is 4.27. The van der Waals surface area contributed by atoms with E-state index >= 15 is 0 Å². The van der Waals surface area contributed by atoms with Crippen LogP contribution in [-0.2, 0) is 4.79 Å². The number of rotatable bonds is 3. The molecule has 0 aliphatic carbocycles. The van der Waals surface area contributed by atoms with Crippen molar-refractivity contribution in [2.45, 2.75) is 25.8 Å². The van der Waals surface area contributed by atoms with Gasteiger partial charge in [-0.3, -0.25) is 4.79 Å². The summed E-state index contributed by atoms with van der Waals surface area (Å²) in [5, 5.41) is 8.41. The van der Waals surface area contributed by atoms with Crippen molar-refractivity contribution in [3.63, 3.8) is 0 Å². The smallest absolute Gasteiger partial charge is 0.223 e. The van der Waals surface area contributed by atoms with Crippen LogP contribution >= 0.6 is 23.7 Å². The van der Waals surface area contributed by atoms with Gasteiger partial charge in [0.05, 0.1) is 6.04 Å². The van der Waals surface area contributed by atoms with Gasteiger partial charge in [-0.15, -0.1) is 23.7 Å². The van der Waals surface area contributed by atoms with Crippen molar-refractivity contribution in [2.75, 3.05) is 13.1 Å². The zero-order valence-electron chi connectivity index (χ0n) is 9.94. The van der Waals surface area contributed by atoms with E-state index in [9.17, 15) is 4.79 Å². The number of hydrogen-bond donors (Lipinski definition) is 2. The van der Waals surface area contributed by atoms with Gasteiger partial charge in [-0.2, -0.15) is 0 Å². The summed E-state index contributed by atoms with van der Waals surface area (Å²) >= 11 is 1.69. The monoisotopic (exact) mass is 274 g/mol. The molecule has 2 heterocycles. The Morgan fingerprint density at radius 1 is 1.53 bits per heavy atom. The number of amides is 1. The molecule has 1 atom stereocenters. The van der Waals surface area contributed by atoms with E-state index in [4.69, 9.17) is 0 Å². The van der Waals surface area contributed by atoms with Crippen LogP contribution < -0.4 is 10.6 Å². The molecule has 0 radical (unpaired) electrons. The molecule has 1 aromatic heterocycles. The van der Waals surface area contributed by atoms with Gasteiger partial charge in [-0.1, -0.05) is 6.07 Å². The summed E-state index contributed by atoms with van der Waals surface area (Å²) in [6.45, 7) is 3.97. The maximum Gasteiger partial charge on any atom is 0.223 e. The highest BCUT2D eigenvalue weighted by atomic mass is 35.5. The molecule has 1 aromatic rings. The highest BCUT2D eigenvalue weighted by molar-refractivity contribution is 7.10. The molecular formula is C12H19ClN2OS. The topological polar surface area (TPSA) is 41.1 Å². The van der Waals surface area contributed by atoms with Gasteiger partial charge in [0, 0.05) is 10.8 Å². The van der Waals surface area contributed by atoms with Gasteiger partial charge in [0.1, 0.15) is 0 Å². The first kappa shape index (κ1) is 14.5. The molecule has 5 heteroatoms. The van der Waals surface area contributed by atoms with Crippen molar-refractivity contribution in [3.8, 4) is 0 Å². The fourth-order valence-electron chi connectivity index (χ4n) is 2.02. The number of carbonyl (C=O) groups is 1. The molecule has 0 aromatic carbocycles. The summed E-state index contributed by atoms with van der Waals surface area (Å²) in [6, 6.07) is 4.23. The van der Waals surface area contributed by atoms with E-state index in [0.717, 1.165) is 25.9 Å². The van der Waals surface area contributed by atoms with Crippen molar-refractivity contribution in [2.24, 2.45) is 5.92 Å². The minimum Gasteiger partial charge on any atom is -0.349 e. The fraction of sp³-hybridized carbons (Fsp3) is 0.583. The van der Waals surface area contributed by atoms with E-state index in [1.54, 1.807) is 11.3 Å². The Bertz CT molecular complexity index is 336. The molecule has 2 rings (SSSR count). The third kappa shape index (κ3) is 3.98. The Hall–Kier alpha value is -0.580. The summed E-state index contributed by atoms with van der Waals surface area (Å²) in [5.74, 6) is 0.408. The molecule has 0 spiro atoms. The lowest BCUT2D eigenvalue weighted by atomic mass is 9.97. The van der Waals surface area contributed by atoms with E-state index in [2.05, 4.69) is 16.7 Å². The quantitative estimate of drug-likeness (QED) is 0.888. The van der Waals surface area contributed by atoms with Crippen molar-refractivity contribution < 1.29 is 4.79 Å². The molecule has 17 heavy (non-hydrogen) atoms. The highest BCUT2D eigenvalue weighted by Gasteiger charge is 2.22. The normalized spacial score (nSPS) is 18.2. The lowest BCUT2D eigenvalue weighted by Gasteiger charge is -2.23. The van der Waals surface area contributed by atoms with E-state index in [1.165, 1.54) is 4.88 Å². The first-order valence-electron chi connectivity index (χ1n) is 5.82. The van der Waals surface area contributed by atoms with Crippen LogP contribution in [0.3, 0.4) is 0 Å². The molecule has 96 valence electrons. The predicted molar refractivity (Wildman–Crippen MR) is 73.7 cm³/mol. The predicted octanol–water partition coefficient (Wildman–Crippen LogP) is 2.35. The Labute approximate surface area is 112 Å². The van der Waals surface area contributed by atoms with Crippen LogP contribution in [0, 0.1) is 5.92 Å². The Kier molecular flexibility index (Phi) is 5.95. The van der Waals surface area contributed by atoms with Gasteiger partial charge in [0.15, 0.2) is 0 Å². The summed E-state index contributed by atoms with van der Waals surface area (Å²) in [4.78, 5) is 13.2. The minimum atomic E-state index is 0. The van der Waals surface area contributed by atoms with Crippen molar-refractivity contribution >= 4 is 29.7 Å². The fourth-order valence-corrected chi connectivity index (χ4v) is 2.76. The third-order valence-electron chi connectivity index (χ3n) is 3.04. The Balaban J connectivity index is 0.00000144. The van der Waals surface area contributed by atoms with E-state index < -0.39 is 0 Å². The summed E-state index contributed by atoms with van der Waals surface area (Å²) in [7, 11) is 0. The summed E-state index contributed by atoms with van der Waals surface area (Å²) < 4.78 is 0. The lowest BCUT2D eigenvalue weighted by molar-refractivity contribution is -0.126. The molecule has 0 bridgehead atoms. The molecule has 1 amide bonds. The van der Waals surface area contributed by atoms with Crippen LogP contribution in [0.25, 0.3) is 0 Å². The van der Waals surface area contributed by atoms with Crippen molar-refractivity contribution in [3.05, 3.63) is 22.4 Å². The SMILES string of the molecule is CC(NC(=O)C1CCNCC1)c1cccs1.Cl. The van der Waals surface area contributed by atoms with Crippen LogP contribution in [-0.4, -0.2) is 19.0 Å². The van der Waals surface area contributed by atoms with Crippen molar-refractivity contribution in [1.82, 2.24) is 10.6 Å². The van der Waals surface area contributed by atoms with E-state index in [0.29, 0.717) is 0 Å². The van der Waals surface area contributed by atoms with Crippen molar-refractivity contribution in [1.29, 1.82) is 0 Å². The average Bonchev–Trinajstić information content (AvgIpc) is 2.83. The maximum atomic E-state index is 12.0. The van der Waals surface area contributed by atoms with Crippen LogP contribution in [0.15, 0.2) is 17.5 Å². The first-order valence-corrected chi connectivity index (χ1v) is 6.70. The summed E-state index contributed by atoms with van der Waals surface area (Å²) in [6.07, 6.45) is 1.92. The molecule has 2 N–H and O–H groups in total. The molecule has 1 fully saturated rings. The molecule has 1 aliphatic heterocycles. The van der Waals surface area contributed by atoms with Gasteiger partial charge in [-0.25, -0.2) is 0 Å². The van der Waals surface area contributed by atoms with Gasteiger partial charge in [0.2, 0.25) is 5.91 Å². The molecular weight excluding hydrogens is 256 g/mol. The number of carbonyl (C=O) groups excluding carboxylic acids is 1. The Morgan fingerprint density at radius 2 is 2.24 bits per heavy atom.